The number of hydrogen-bond donors (Lipinski definition) is 0. The molecule has 0 aromatic heterocycles. The van der Waals surface area contributed by atoms with E-state index in [0.717, 1.165) is 0 Å². The van der Waals surface area contributed by atoms with Crippen molar-refractivity contribution >= 4 is 19.8 Å². The van der Waals surface area contributed by atoms with Crippen molar-refractivity contribution in [1.82, 2.24) is 0 Å². The summed E-state index contributed by atoms with van der Waals surface area (Å²) in [6.07, 6.45) is 8.82. The van der Waals surface area contributed by atoms with Gasteiger partial charge in [0.15, 0.2) is 0 Å². The van der Waals surface area contributed by atoms with Gasteiger partial charge in [-0.25, -0.2) is 0 Å². The van der Waals surface area contributed by atoms with Gasteiger partial charge in [0.05, 0.1) is 0 Å². The summed E-state index contributed by atoms with van der Waals surface area (Å²) in [7, 11) is 0. The fourth-order valence-electron chi connectivity index (χ4n) is 1.46. The summed E-state index contributed by atoms with van der Waals surface area (Å²) in [5.41, 5.74) is 0. The van der Waals surface area contributed by atoms with Crippen molar-refractivity contribution in [3.8, 4) is 0 Å². The van der Waals surface area contributed by atoms with Crippen molar-refractivity contribution < 1.29 is 0 Å². The molecule has 0 aliphatic carbocycles. The van der Waals surface area contributed by atoms with Crippen LogP contribution in [0.1, 0.15) is 52.4 Å². The fraction of sp³-hybridized carbons (Fsp3) is 1.00. The number of rotatable bonds is 8. The van der Waals surface area contributed by atoms with E-state index in [0.29, 0.717) is 0 Å². The van der Waals surface area contributed by atoms with Gasteiger partial charge in [-0.15, -0.1) is 0 Å². The molecule has 0 aromatic carbocycles. The monoisotopic (exact) mass is 277 g/mol. The molecule has 0 nitrogen and oxygen atoms in total. The molecule has 0 saturated heterocycles. The standard InChI is InChI=1S/C6H13.C4H9.CH3.Sn/c1-3-5-6-4-2;1-3-4-2;;/h1,3-6H2,2H3;1,3-4H2,2H3;1H3;. The number of hydrogen-bond acceptors (Lipinski definition) is 0. The van der Waals surface area contributed by atoms with E-state index < -0.39 is 19.8 Å². The molecule has 0 aliphatic rings. The molecule has 0 aromatic rings. The molecule has 73 valence electrons. The van der Waals surface area contributed by atoms with Gasteiger partial charge in [0.2, 0.25) is 0 Å². The molecule has 0 spiro atoms. The third-order valence-electron chi connectivity index (χ3n) is 2.41. The third-order valence-corrected chi connectivity index (χ3v) is 9.30. The summed E-state index contributed by atoms with van der Waals surface area (Å²) in [6.45, 7) is 4.61. The Bertz CT molecular complexity index is 81.1. The van der Waals surface area contributed by atoms with Crippen LogP contribution in [0.4, 0.5) is 0 Å². The maximum atomic E-state index is 2.60. The molecular weight excluding hydrogens is 251 g/mol. The first-order valence-electron chi connectivity index (χ1n) is 5.62. The third kappa shape index (κ3) is 8.89. The Hall–Kier alpha value is 0.799. The van der Waals surface area contributed by atoms with E-state index in [-0.39, 0.29) is 0 Å². The first-order chi connectivity index (χ1) is 5.81. The topological polar surface area (TPSA) is 0 Å². The SMILES string of the molecule is CCCCC[CH2][Sn]([CH3])[CH2]CCC. The van der Waals surface area contributed by atoms with Crippen LogP contribution in [0.3, 0.4) is 0 Å². The normalized spacial score (nSPS) is 11.0. The van der Waals surface area contributed by atoms with Gasteiger partial charge in [-0.2, -0.15) is 0 Å². The first-order valence-corrected chi connectivity index (χ1v) is 12.5. The predicted molar refractivity (Wildman–Crippen MR) is 60.3 cm³/mol. The number of unbranched alkanes of at least 4 members (excludes halogenated alkanes) is 4. The molecule has 0 amide bonds. The van der Waals surface area contributed by atoms with Crippen LogP contribution in [-0.4, -0.2) is 19.8 Å². The van der Waals surface area contributed by atoms with E-state index in [4.69, 9.17) is 0 Å². The summed E-state index contributed by atoms with van der Waals surface area (Å²) >= 11 is -0.777. The molecule has 0 fully saturated rings. The quantitative estimate of drug-likeness (QED) is 0.452. The Kier molecular flexibility index (Phi) is 10.5. The van der Waals surface area contributed by atoms with E-state index in [1.165, 1.54) is 32.1 Å². The molecule has 12 heavy (non-hydrogen) atoms. The Balaban J connectivity index is 3.02. The first kappa shape index (κ1) is 12.8. The molecule has 0 bridgehead atoms. The van der Waals surface area contributed by atoms with Gasteiger partial charge >= 0.3 is 85.9 Å². The van der Waals surface area contributed by atoms with Crippen LogP contribution in [-0.2, 0) is 0 Å². The van der Waals surface area contributed by atoms with Crippen LogP contribution >= 0.6 is 0 Å². The van der Waals surface area contributed by atoms with E-state index in [1.54, 1.807) is 15.3 Å². The zero-order valence-electron chi connectivity index (χ0n) is 9.16. The van der Waals surface area contributed by atoms with Gasteiger partial charge in [0.25, 0.3) is 0 Å². The van der Waals surface area contributed by atoms with E-state index in [1.807, 2.05) is 0 Å². The molecule has 0 atom stereocenters. The van der Waals surface area contributed by atoms with Crippen LogP contribution in [0, 0.1) is 0 Å². The van der Waals surface area contributed by atoms with Gasteiger partial charge < -0.3 is 0 Å². The van der Waals surface area contributed by atoms with Gasteiger partial charge in [0, 0.05) is 0 Å². The molecule has 0 rings (SSSR count). The summed E-state index contributed by atoms with van der Waals surface area (Å²) in [4.78, 5) is 2.60. The van der Waals surface area contributed by atoms with Crippen molar-refractivity contribution in [2.75, 3.05) is 0 Å². The molecule has 0 saturated carbocycles. The maximum absolute atomic E-state index is 2.60. The van der Waals surface area contributed by atoms with Crippen molar-refractivity contribution in [1.29, 1.82) is 0 Å². The summed E-state index contributed by atoms with van der Waals surface area (Å²) in [5.74, 6) is 0. The fourth-order valence-corrected chi connectivity index (χ4v) is 7.34. The van der Waals surface area contributed by atoms with Crippen LogP contribution < -0.4 is 0 Å². The van der Waals surface area contributed by atoms with E-state index in [2.05, 4.69) is 18.8 Å². The zero-order chi connectivity index (χ0) is 9.23. The summed E-state index contributed by atoms with van der Waals surface area (Å²) in [6, 6.07) is 0. The molecule has 0 unspecified atom stereocenters. The molecule has 1 radical (unpaired) electrons. The van der Waals surface area contributed by atoms with Crippen LogP contribution in [0.5, 0.6) is 0 Å². The second-order valence-electron chi connectivity index (χ2n) is 3.87. The molecule has 0 N–H and O–H groups in total. The second-order valence-corrected chi connectivity index (χ2v) is 12.2. The summed E-state index contributed by atoms with van der Waals surface area (Å²) in [5, 5.41) is 0. The van der Waals surface area contributed by atoms with Crippen molar-refractivity contribution in [3.63, 3.8) is 0 Å². The Labute approximate surface area is 85.9 Å². The van der Waals surface area contributed by atoms with Gasteiger partial charge in [0.1, 0.15) is 0 Å². The Morgan fingerprint density at radius 1 is 0.750 bits per heavy atom. The van der Waals surface area contributed by atoms with Gasteiger partial charge in [-0.3, -0.25) is 0 Å². The molecule has 1 heteroatoms. The van der Waals surface area contributed by atoms with Crippen LogP contribution in [0.2, 0.25) is 13.8 Å². The van der Waals surface area contributed by atoms with Gasteiger partial charge in [-0.1, -0.05) is 0 Å². The van der Waals surface area contributed by atoms with Crippen LogP contribution in [0.25, 0.3) is 0 Å². The van der Waals surface area contributed by atoms with E-state index >= 15 is 0 Å². The van der Waals surface area contributed by atoms with Crippen molar-refractivity contribution in [2.45, 2.75) is 66.2 Å². The minimum absolute atomic E-state index is 0.777. The predicted octanol–water partition coefficient (Wildman–Crippen LogP) is 4.49. The molecular formula is C11H25Sn. The van der Waals surface area contributed by atoms with Crippen LogP contribution in [0.15, 0.2) is 0 Å². The van der Waals surface area contributed by atoms with Crippen molar-refractivity contribution in [3.05, 3.63) is 0 Å². The van der Waals surface area contributed by atoms with Gasteiger partial charge in [-0.05, 0) is 0 Å². The average Bonchev–Trinajstić information content (AvgIpc) is 2.09. The molecule has 0 aliphatic heterocycles. The average molecular weight is 276 g/mol. The summed E-state index contributed by atoms with van der Waals surface area (Å²) < 4.78 is 3.30. The van der Waals surface area contributed by atoms with E-state index in [9.17, 15) is 0 Å². The zero-order valence-corrected chi connectivity index (χ0v) is 12.0. The minimum atomic E-state index is -0.777. The Morgan fingerprint density at radius 2 is 1.33 bits per heavy atom. The van der Waals surface area contributed by atoms with Crippen molar-refractivity contribution in [2.24, 2.45) is 0 Å². The molecule has 0 heterocycles. The Morgan fingerprint density at radius 3 is 1.92 bits per heavy atom. The second kappa shape index (κ2) is 9.88.